The quantitative estimate of drug-likeness (QED) is 0.908. The second-order valence-electron chi connectivity index (χ2n) is 4.38. The fourth-order valence-corrected chi connectivity index (χ4v) is 1.78. The van der Waals surface area contributed by atoms with Crippen LogP contribution in [0.5, 0.6) is 11.6 Å². The first-order valence-corrected chi connectivity index (χ1v) is 6.39. The van der Waals surface area contributed by atoms with Gasteiger partial charge in [0.25, 0.3) is 0 Å². The molecule has 0 saturated carbocycles. The van der Waals surface area contributed by atoms with Crippen molar-refractivity contribution in [2.75, 3.05) is 6.54 Å². The van der Waals surface area contributed by atoms with Gasteiger partial charge in [0.15, 0.2) is 0 Å². The number of halogens is 2. The van der Waals surface area contributed by atoms with Crippen molar-refractivity contribution < 1.29 is 13.5 Å². The first kappa shape index (κ1) is 14.4. The maximum Gasteiger partial charge on any atom is 0.219 e. The third-order valence-electron chi connectivity index (χ3n) is 2.79. The van der Waals surface area contributed by atoms with Gasteiger partial charge in [-0.25, -0.2) is 13.8 Å². The van der Waals surface area contributed by atoms with Crippen molar-refractivity contribution in [2.24, 2.45) is 0 Å². The van der Waals surface area contributed by atoms with Crippen molar-refractivity contribution in [1.29, 1.82) is 0 Å². The van der Waals surface area contributed by atoms with E-state index >= 15 is 0 Å². The number of pyridine rings is 1. The molecule has 0 atom stereocenters. The van der Waals surface area contributed by atoms with Crippen LogP contribution in [0.3, 0.4) is 0 Å². The highest BCUT2D eigenvalue weighted by Crippen LogP contribution is 2.22. The lowest BCUT2D eigenvalue weighted by Crippen LogP contribution is -2.13. The van der Waals surface area contributed by atoms with Crippen molar-refractivity contribution in [2.45, 2.75) is 20.4 Å². The molecule has 20 heavy (non-hydrogen) atoms. The van der Waals surface area contributed by atoms with Gasteiger partial charge in [-0.3, -0.25) is 0 Å². The standard InChI is InChI=1S/C15H16F2N2O/c1-3-18-9-11-4-5-15(19-10(11)2)20-14-7-12(16)6-13(17)8-14/h4-8,18H,3,9H2,1-2H3. The third-order valence-corrected chi connectivity index (χ3v) is 2.79. The highest BCUT2D eigenvalue weighted by Gasteiger charge is 2.06. The largest absolute Gasteiger partial charge is 0.439 e. The number of aryl methyl sites for hydroxylation is 1. The van der Waals surface area contributed by atoms with Gasteiger partial charge < -0.3 is 10.1 Å². The summed E-state index contributed by atoms with van der Waals surface area (Å²) in [5, 5.41) is 3.21. The molecule has 1 N–H and O–H groups in total. The first-order chi connectivity index (χ1) is 9.58. The summed E-state index contributed by atoms with van der Waals surface area (Å²) in [5.74, 6) is -0.956. The molecule has 3 nitrogen and oxygen atoms in total. The summed E-state index contributed by atoms with van der Waals surface area (Å²) < 4.78 is 31.5. The van der Waals surface area contributed by atoms with Crippen LogP contribution < -0.4 is 10.1 Å². The van der Waals surface area contributed by atoms with Gasteiger partial charge in [-0.2, -0.15) is 0 Å². The van der Waals surface area contributed by atoms with Crippen molar-refractivity contribution in [1.82, 2.24) is 10.3 Å². The second kappa shape index (κ2) is 6.43. The van der Waals surface area contributed by atoms with Gasteiger partial charge in [0.05, 0.1) is 0 Å². The molecule has 0 radical (unpaired) electrons. The van der Waals surface area contributed by atoms with Crippen LogP contribution in [0.2, 0.25) is 0 Å². The van der Waals surface area contributed by atoms with Gasteiger partial charge in [0, 0.05) is 36.5 Å². The van der Waals surface area contributed by atoms with Crippen LogP contribution in [0.1, 0.15) is 18.2 Å². The van der Waals surface area contributed by atoms with E-state index in [1.165, 1.54) is 0 Å². The molecule has 0 amide bonds. The van der Waals surface area contributed by atoms with Crippen LogP contribution in [0.15, 0.2) is 30.3 Å². The van der Waals surface area contributed by atoms with Crippen LogP contribution in [-0.4, -0.2) is 11.5 Å². The number of nitrogens with zero attached hydrogens (tertiary/aromatic N) is 1. The first-order valence-electron chi connectivity index (χ1n) is 6.39. The SMILES string of the molecule is CCNCc1ccc(Oc2cc(F)cc(F)c2)nc1C. The summed E-state index contributed by atoms with van der Waals surface area (Å²) in [7, 11) is 0. The molecule has 0 fully saturated rings. The summed E-state index contributed by atoms with van der Waals surface area (Å²) in [6.07, 6.45) is 0. The molecule has 2 rings (SSSR count). The van der Waals surface area contributed by atoms with Gasteiger partial charge in [0.1, 0.15) is 17.4 Å². The predicted molar refractivity (Wildman–Crippen MR) is 72.8 cm³/mol. The Balaban J connectivity index is 2.15. The number of benzene rings is 1. The zero-order chi connectivity index (χ0) is 14.5. The predicted octanol–water partition coefficient (Wildman–Crippen LogP) is 3.57. The Morgan fingerprint density at radius 2 is 1.85 bits per heavy atom. The Hall–Kier alpha value is -2.01. The van der Waals surface area contributed by atoms with Gasteiger partial charge in [0.2, 0.25) is 5.88 Å². The molecule has 5 heteroatoms. The smallest absolute Gasteiger partial charge is 0.219 e. The molecule has 0 spiro atoms. The van der Waals surface area contributed by atoms with E-state index in [2.05, 4.69) is 10.3 Å². The summed E-state index contributed by atoms with van der Waals surface area (Å²) in [4.78, 5) is 4.27. The molecule has 2 aromatic rings. The van der Waals surface area contributed by atoms with E-state index in [1.807, 2.05) is 19.9 Å². The van der Waals surface area contributed by atoms with Gasteiger partial charge >= 0.3 is 0 Å². The van der Waals surface area contributed by atoms with Gasteiger partial charge in [-0.05, 0) is 19.0 Å². The average Bonchev–Trinajstić information content (AvgIpc) is 2.36. The lowest BCUT2D eigenvalue weighted by molar-refractivity contribution is 0.449. The fraction of sp³-hybridized carbons (Fsp3) is 0.267. The number of rotatable bonds is 5. The molecule has 1 heterocycles. The molecular formula is C15H16F2N2O. The molecule has 0 saturated heterocycles. The molecule has 0 aliphatic heterocycles. The highest BCUT2D eigenvalue weighted by atomic mass is 19.1. The monoisotopic (exact) mass is 278 g/mol. The molecule has 1 aromatic carbocycles. The van der Waals surface area contributed by atoms with Crippen molar-refractivity contribution in [3.8, 4) is 11.6 Å². The van der Waals surface area contributed by atoms with E-state index in [0.29, 0.717) is 5.88 Å². The summed E-state index contributed by atoms with van der Waals surface area (Å²) in [6.45, 7) is 5.49. The van der Waals surface area contributed by atoms with Crippen LogP contribution >= 0.6 is 0 Å². The zero-order valence-corrected chi connectivity index (χ0v) is 11.4. The van der Waals surface area contributed by atoms with E-state index in [4.69, 9.17) is 4.74 Å². The van der Waals surface area contributed by atoms with Gasteiger partial charge in [-0.15, -0.1) is 0 Å². The van der Waals surface area contributed by atoms with E-state index in [1.54, 1.807) is 6.07 Å². The highest BCUT2D eigenvalue weighted by molar-refractivity contribution is 5.31. The van der Waals surface area contributed by atoms with Gasteiger partial charge in [-0.1, -0.05) is 13.0 Å². The van der Waals surface area contributed by atoms with E-state index < -0.39 is 11.6 Å². The molecule has 106 valence electrons. The lowest BCUT2D eigenvalue weighted by Gasteiger charge is -2.09. The van der Waals surface area contributed by atoms with E-state index in [0.717, 1.165) is 42.5 Å². The summed E-state index contributed by atoms with van der Waals surface area (Å²) in [6, 6.07) is 6.60. The number of hydrogen-bond acceptors (Lipinski definition) is 3. The van der Waals surface area contributed by atoms with Crippen molar-refractivity contribution in [3.05, 3.63) is 53.2 Å². The molecule has 0 unspecified atom stereocenters. The maximum absolute atomic E-state index is 13.1. The average molecular weight is 278 g/mol. The Morgan fingerprint density at radius 1 is 1.15 bits per heavy atom. The molecule has 0 aliphatic carbocycles. The number of aromatic nitrogens is 1. The van der Waals surface area contributed by atoms with Crippen LogP contribution in [0.25, 0.3) is 0 Å². The Morgan fingerprint density at radius 3 is 2.45 bits per heavy atom. The normalized spacial score (nSPS) is 10.6. The molecular weight excluding hydrogens is 262 g/mol. The minimum atomic E-state index is -0.680. The minimum absolute atomic E-state index is 0.0915. The Labute approximate surface area is 116 Å². The number of ether oxygens (including phenoxy) is 1. The minimum Gasteiger partial charge on any atom is -0.439 e. The number of nitrogens with one attached hydrogen (secondary N) is 1. The third kappa shape index (κ3) is 3.74. The molecule has 0 aliphatic rings. The van der Waals surface area contributed by atoms with Crippen molar-refractivity contribution >= 4 is 0 Å². The maximum atomic E-state index is 13.1. The van der Waals surface area contributed by atoms with Crippen LogP contribution in [0.4, 0.5) is 8.78 Å². The molecule has 0 bridgehead atoms. The second-order valence-corrected chi connectivity index (χ2v) is 4.38. The van der Waals surface area contributed by atoms with Crippen molar-refractivity contribution in [3.63, 3.8) is 0 Å². The van der Waals surface area contributed by atoms with Crippen LogP contribution in [-0.2, 0) is 6.54 Å². The Kier molecular flexibility index (Phi) is 4.63. The fourth-order valence-electron chi connectivity index (χ4n) is 1.78. The Bertz CT molecular complexity index is 582. The topological polar surface area (TPSA) is 34.1 Å². The zero-order valence-electron chi connectivity index (χ0n) is 11.4. The number of hydrogen-bond donors (Lipinski definition) is 1. The van der Waals surface area contributed by atoms with E-state index in [-0.39, 0.29) is 5.75 Å². The molecule has 1 aromatic heterocycles. The lowest BCUT2D eigenvalue weighted by atomic mass is 10.2. The summed E-state index contributed by atoms with van der Waals surface area (Å²) in [5.41, 5.74) is 1.88. The van der Waals surface area contributed by atoms with E-state index in [9.17, 15) is 8.78 Å². The van der Waals surface area contributed by atoms with Crippen LogP contribution in [0, 0.1) is 18.6 Å². The summed E-state index contributed by atoms with van der Waals surface area (Å²) >= 11 is 0.